The van der Waals surface area contributed by atoms with Gasteiger partial charge in [0, 0.05) is 13.1 Å². The van der Waals surface area contributed by atoms with Crippen LogP contribution in [0, 0.1) is 5.92 Å². The number of carboxylic acid groups (broad SMARTS) is 1. The number of nitrogen functional groups attached to an aromatic ring is 1. The van der Waals surface area contributed by atoms with Crippen LogP contribution in [0.15, 0.2) is 18.2 Å². The van der Waals surface area contributed by atoms with Crippen molar-refractivity contribution in [2.24, 2.45) is 5.92 Å². The number of piperidine rings is 1. The molecule has 3 rings (SSSR count). The first-order chi connectivity index (χ1) is 9.58. The summed E-state index contributed by atoms with van der Waals surface area (Å²) in [6, 6.07) is 4.89. The quantitative estimate of drug-likeness (QED) is 0.690. The van der Waals surface area contributed by atoms with Gasteiger partial charge >= 0.3 is 5.97 Å². The van der Waals surface area contributed by atoms with Crippen LogP contribution in [0.5, 0.6) is 0 Å². The van der Waals surface area contributed by atoms with E-state index in [1.165, 1.54) is 6.07 Å². The molecule has 4 N–H and O–H groups in total. The van der Waals surface area contributed by atoms with E-state index >= 15 is 0 Å². The minimum atomic E-state index is -0.988. The van der Waals surface area contributed by atoms with Crippen molar-refractivity contribution in [2.45, 2.75) is 18.9 Å². The van der Waals surface area contributed by atoms with Crippen molar-refractivity contribution in [1.82, 2.24) is 5.32 Å². The zero-order valence-electron chi connectivity index (χ0n) is 11.0. The second-order valence-corrected chi connectivity index (χ2v) is 5.33. The summed E-state index contributed by atoms with van der Waals surface area (Å²) < 4.78 is 0. The number of carbonyl (C=O) groups excluding carboxylic acids is 1. The maximum atomic E-state index is 11.8. The Morgan fingerprint density at radius 3 is 2.95 bits per heavy atom. The van der Waals surface area contributed by atoms with Gasteiger partial charge in [-0.05, 0) is 31.0 Å². The lowest BCUT2D eigenvalue weighted by molar-refractivity contribution is -0.123. The van der Waals surface area contributed by atoms with Crippen LogP contribution in [0.1, 0.15) is 23.2 Å². The number of carbonyl (C=O) groups is 2. The third-order valence-electron chi connectivity index (χ3n) is 4.19. The van der Waals surface area contributed by atoms with Crippen molar-refractivity contribution in [1.29, 1.82) is 0 Å². The van der Waals surface area contributed by atoms with Crippen LogP contribution in [0.25, 0.3) is 0 Å². The molecule has 2 aliphatic rings. The van der Waals surface area contributed by atoms with Crippen LogP contribution < -0.4 is 16.0 Å². The van der Waals surface area contributed by atoms with E-state index < -0.39 is 5.97 Å². The second kappa shape index (κ2) is 4.70. The van der Waals surface area contributed by atoms with Crippen LogP contribution >= 0.6 is 0 Å². The van der Waals surface area contributed by atoms with Crippen molar-refractivity contribution in [2.75, 3.05) is 23.7 Å². The molecule has 1 aromatic carbocycles. The van der Waals surface area contributed by atoms with Crippen molar-refractivity contribution < 1.29 is 14.7 Å². The molecule has 1 aromatic rings. The highest BCUT2D eigenvalue weighted by atomic mass is 16.4. The first kappa shape index (κ1) is 12.8. The Hall–Kier alpha value is -2.24. The molecule has 2 saturated heterocycles. The number of nitrogens with one attached hydrogen (secondary N) is 1. The van der Waals surface area contributed by atoms with Gasteiger partial charge in [0.2, 0.25) is 5.91 Å². The fraction of sp³-hybridized carbons (Fsp3) is 0.429. The summed E-state index contributed by atoms with van der Waals surface area (Å²) >= 11 is 0. The van der Waals surface area contributed by atoms with Crippen LogP contribution in [0.2, 0.25) is 0 Å². The average molecular weight is 275 g/mol. The predicted molar refractivity (Wildman–Crippen MR) is 74.7 cm³/mol. The van der Waals surface area contributed by atoms with Gasteiger partial charge in [-0.1, -0.05) is 0 Å². The van der Waals surface area contributed by atoms with Crippen molar-refractivity contribution >= 4 is 23.3 Å². The van der Waals surface area contributed by atoms with Gasteiger partial charge in [0.1, 0.15) is 0 Å². The lowest BCUT2D eigenvalue weighted by Crippen LogP contribution is -2.46. The largest absolute Gasteiger partial charge is 0.478 e. The molecule has 0 saturated carbocycles. The smallest absolute Gasteiger partial charge is 0.335 e. The van der Waals surface area contributed by atoms with Crippen molar-refractivity contribution in [3.05, 3.63) is 23.8 Å². The maximum Gasteiger partial charge on any atom is 0.335 e. The molecule has 0 aromatic heterocycles. The van der Waals surface area contributed by atoms with Gasteiger partial charge in [-0.2, -0.15) is 0 Å². The molecule has 6 nitrogen and oxygen atoms in total. The molecular weight excluding hydrogens is 258 g/mol. The molecule has 1 amide bonds. The molecule has 0 bridgehead atoms. The minimum Gasteiger partial charge on any atom is -0.478 e. The van der Waals surface area contributed by atoms with Crippen LogP contribution in [0.4, 0.5) is 11.4 Å². The number of hydrogen-bond acceptors (Lipinski definition) is 4. The summed E-state index contributed by atoms with van der Waals surface area (Å²) in [6.45, 7) is 1.47. The van der Waals surface area contributed by atoms with E-state index in [2.05, 4.69) is 10.2 Å². The molecule has 2 aliphatic heterocycles. The molecule has 0 spiro atoms. The van der Waals surface area contributed by atoms with E-state index in [4.69, 9.17) is 10.8 Å². The van der Waals surface area contributed by atoms with Crippen LogP contribution in [-0.2, 0) is 4.79 Å². The van der Waals surface area contributed by atoms with Crippen molar-refractivity contribution in [3.8, 4) is 0 Å². The maximum absolute atomic E-state index is 11.8. The second-order valence-electron chi connectivity index (χ2n) is 5.33. The molecule has 20 heavy (non-hydrogen) atoms. The molecule has 106 valence electrons. The van der Waals surface area contributed by atoms with Gasteiger partial charge in [0.15, 0.2) is 0 Å². The Kier molecular flexibility index (Phi) is 3.00. The lowest BCUT2D eigenvalue weighted by atomic mass is 9.91. The number of hydrogen-bond donors (Lipinski definition) is 3. The summed E-state index contributed by atoms with van der Waals surface area (Å²) in [7, 11) is 0. The zero-order valence-corrected chi connectivity index (χ0v) is 11.0. The van der Waals surface area contributed by atoms with Gasteiger partial charge in [0.25, 0.3) is 0 Å². The van der Waals surface area contributed by atoms with E-state index in [1.54, 1.807) is 12.1 Å². The summed E-state index contributed by atoms with van der Waals surface area (Å²) in [5, 5.41) is 11.9. The van der Waals surface area contributed by atoms with E-state index in [1.807, 2.05) is 0 Å². The Labute approximate surface area is 116 Å². The van der Waals surface area contributed by atoms with E-state index in [0.29, 0.717) is 12.2 Å². The fourth-order valence-electron chi connectivity index (χ4n) is 3.20. The number of nitrogens with two attached hydrogens (primary N) is 1. The lowest BCUT2D eigenvalue weighted by Gasteiger charge is -2.38. The first-order valence-electron chi connectivity index (χ1n) is 6.75. The summed E-state index contributed by atoms with van der Waals surface area (Å²) in [4.78, 5) is 24.8. The van der Waals surface area contributed by atoms with Gasteiger partial charge in [0.05, 0.1) is 28.9 Å². The number of amides is 1. The Balaban J connectivity index is 1.92. The Bertz CT molecular complexity index is 573. The van der Waals surface area contributed by atoms with Crippen molar-refractivity contribution in [3.63, 3.8) is 0 Å². The SMILES string of the molecule is Nc1cc(C(=O)O)ccc1N1CCCC2C(=O)NCC21. The van der Waals surface area contributed by atoms with E-state index in [0.717, 1.165) is 25.1 Å². The molecule has 2 unspecified atom stereocenters. The first-order valence-corrected chi connectivity index (χ1v) is 6.75. The third-order valence-corrected chi connectivity index (χ3v) is 4.19. The van der Waals surface area contributed by atoms with E-state index in [-0.39, 0.29) is 23.4 Å². The van der Waals surface area contributed by atoms with Crippen LogP contribution in [0.3, 0.4) is 0 Å². The summed E-state index contributed by atoms with van der Waals surface area (Å²) in [5.74, 6) is -0.861. The predicted octanol–water partition coefficient (Wildman–Crippen LogP) is 0.682. The zero-order chi connectivity index (χ0) is 14.3. The standard InChI is InChI=1S/C14H17N3O3/c15-10-6-8(14(19)20)3-4-11(10)17-5-1-2-9-12(17)7-16-13(9)18/h3-4,6,9,12H,1-2,5,7,15H2,(H,16,18)(H,19,20). The Morgan fingerprint density at radius 1 is 1.45 bits per heavy atom. The molecule has 0 radical (unpaired) electrons. The number of benzene rings is 1. The monoisotopic (exact) mass is 275 g/mol. The number of fused-ring (bicyclic) bond motifs is 1. The number of rotatable bonds is 2. The van der Waals surface area contributed by atoms with Gasteiger partial charge in [-0.25, -0.2) is 4.79 Å². The highest BCUT2D eigenvalue weighted by molar-refractivity contribution is 5.91. The number of nitrogens with zero attached hydrogens (tertiary/aromatic N) is 1. The highest BCUT2D eigenvalue weighted by Gasteiger charge is 2.41. The van der Waals surface area contributed by atoms with Gasteiger partial charge in [-0.15, -0.1) is 0 Å². The number of aromatic carboxylic acids is 1. The molecule has 2 fully saturated rings. The minimum absolute atomic E-state index is 0.0160. The number of anilines is 2. The van der Waals surface area contributed by atoms with Gasteiger partial charge < -0.3 is 21.1 Å². The molecule has 6 heteroatoms. The Morgan fingerprint density at radius 2 is 2.25 bits per heavy atom. The molecule has 2 atom stereocenters. The van der Waals surface area contributed by atoms with Gasteiger partial charge in [-0.3, -0.25) is 4.79 Å². The molecule has 2 heterocycles. The summed E-state index contributed by atoms with van der Waals surface area (Å²) in [5.41, 5.74) is 7.45. The number of carboxylic acids is 1. The fourth-order valence-corrected chi connectivity index (χ4v) is 3.20. The van der Waals surface area contributed by atoms with Crippen LogP contribution in [-0.4, -0.2) is 36.1 Å². The summed E-state index contributed by atoms with van der Waals surface area (Å²) in [6.07, 6.45) is 1.84. The normalized spacial score (nSPS) is 25.2. The topological polar surface area (TPSA) is 95.7 Å². The third kappa shape index (κ3) is 1.97. The average Bonchev–Trinajstić information content (AvgIpc) is 2.81. The molecular formula is C14H17N3O3. The van der Waals surface area contributed by atoms with E-state index in [9.17, 15) is 9.59 Å². The molecule has 0 aliphatic carbocycles. The highest BCUT2D eigenvalue weighted by Crippen LogP contribution is 2.34.